The van der Waals surface area contributed by atoms with Crippen LogP contribution in [0.4, 0.5) is 8.78 Å². The molecule has 6 nitrogen and oxygen atoms in total. The van der Waals surface area contributed by atoms with E-state index in [0.717, 1.165) is 12.1 Å². The lowest BCUT2D eigenvalue weighted by atomic mass is 10.2. The number of nitrogens with one attached hydrogen (secondary N) is 2. The van der Waals surface area contributed by atoms with Crippen molar-refractivity contribution in [3.63, 3.8) is 0 Å². The van der Waals surface area contributed by atoms with E-state index in [0.29, 0.717) is 18.1 Å². The molecule has 0 spiro atoms. The van der Waals surface area contributed by atoms with Crippen molar-refractivity contribution in [2.75, 3.05) is 6.61 Å². The first-order valence-corrected chi connectivity index (χ1v) is 7.86. The van der Waals surface area contributed by atoms with Crippen molar-refractivity contribution < 1.29 is 27.8 Å². The van der Waals surface area contributed by atoms with Crippen molar-refractivity contribution in [1.82, 2.24) is 10.9 Å². The summed E-state index contributed by atoms with van der Waals surface area (Å²) in [6, 6.07) is 9.82. The normalized spacial score (nSPS) is 11.4. The highest BCUT2D eigenvalue weighted by Gasteiger charge is 2.18. The molecule has 8 heteroatoms. The second kappa shape index (κ2) is 8.80. The number of rotatable bonds is 6. The van der Waals surface area contributed by atoms with Gasteiger partial charge in [0.1, 0.15) is 11.5 Å². The number of hydrogen-bond acceptors (Lipinski definition) is 4. The molecular formula is C18H18F2N2O4. The number of hydrogen-bond donors (Lipinski definition) is 2. The molecule has 0 radical (unpaired) electrons. The number of ether oxygens (including phenoxy) is 2. The molecule has 1 unspecified atom stereocenters. The number of halogens is 2. The van der Waals surface area contributed by atoms with E-state index in [-0.39, 0.29) is 0 Å². The Morgan fingerprint density at radius 1 is 1.04 bits per heavy atom. The van der Waals surface area contributed by atoms with Crippen molar-refractivity contribution in [3.8, 4) is 11.5 Å². The maximum Gasteiger partial charge on any atom is 0.279 e. The van der Waals surface area contributed by atoms with Gasteiger partial charge in [0.05, 0.1) is 12.2 Å². The molecule has 0 heterocycles. The van der Waals surface area contributed by atoms with Gasteiger partial charge in [0.2, 0.25) is 0 Å². The lowest BCUT2D eigenvalue weighted by molar-refractivity contribution is -0.128. The fraction of sp³-hybridized carbons (Fsp3) is 0.222. The zero-order valence-electron chi connectivity index (χ0n) is 14.2. The molecule has 0 aliphatic heterocycles. The molecule has 138 valence electrons. The number of hydrazine groups is 1. The van der Waals surface area contributed by atoms with Crippen LogP contribution in [0.2, 0.25) is 0 Å². The van der Waals surface area contributed by atoms with Gasteiger partial charge in [0, 0.05) is 0 Å². The van der Waals surface area contributed by atoms with Crippen LogP contribution in [-0.4, -0.2) is 24.5 Å². The van der Waals surface area contributed by atoms with E-state index in [1.807, 2.05) is 12.3 Å². The van der Waals surface area contributed by atoms with Gasteiger partial charge in [-0.3, -0.25) is 20.4 Å². The van der Waals surface area contributed by atoms with Crippen LogP contribution in [0.5, 0.6) is 11.5 Å². The topological polar surface area (TPSA) is 76.7 Å². The minimum Gasteiger partial charge on any atom is -0.494 e. The summed E-state index contributed by atoms with van der Waals surface area (Å²) in [5.74, 6) is -3.00. The predicted octanol–water partition coefficient (Wildman–Crippen LogP) is 2.59. The summed E-state index contributed by atoms with van der Waals surface area (Å²) in [6.45, 7) is 3.87. The van der Waals surface area contributed by atoms with Crippen molar-refractivity contribution >= 4 is 11.8 Å². The molecule has 26 heavy (non-hydrogen) atoms. The van der Waals surface area contributed by atoms with Gasteiger partial charge >= 0.3 is 0 Å². The van der Waals surface area contributed by atoms with Crippen molar-refractivity contribution in [3.05, 3.63) is 59.7 Å². The standard InChI is InChI=1S/C18H18F2N2O4/c1-3-25-12-7-9-13(10-8-12)26-11(2)17(23)21-22-18(24)14-5-4-6-15(19)16(14)20/h4-11H,3H2,1-2H3,(H,21,23)(H,22,24). The fourth-order valence-corrected chi connectivity index (χ4v) is 2.01. The van der Waals surface area contributed by atoms with E-state index in [1.54, 1.807) is 24.3 Å². The SMILES string of the molecule is CCOc1ccc(OC(C)C(=O)NNC(=O)c2cccc(F)c2F)cc1. The van der Waals surface area contributed by atoms with E-state index in [4.69, 9.17) is 9.47 Å². The lowest BCUT2D eigenvalue weighted by Crippen LogP contribution is -2.47. The van der Waals surface area contributed by atoms with E-state index >= 15 is 0 Å². The van der Waals surface area contributed by atoms with Crippen molar-refractivity contribution in [1.29, 1.82) is 0 Å². The molecule has 2 aromatic carbocycles. The number of carbonyl (C=O) groups is 2. The van der Waals surface area contributed by atoms with Gasteiger partial charge in [-0.15, -0.1) is 0 Å². The fourth-order valence-electron chi connectivity index (χ4n) is 2.01. The van der Waals surface area contributed by atoms with Gasteiger partial charge < -0.3 is 9.47 Å². The third kappa shape index (κ3) is 4.92. The first-order chi connectivity index (χ1) is 12.4. The molecule has 0 saturated heterocycles. The Kier molecular flexibility index (Phi) is 6.48. The quantitative estimate of drug-likeness (QED) is 0.773. The molecule has 2 amide bonds. The lowest BCUT2D eigenvalue weighted by Gasteiger charge is -2.15. The average molecular weight is 364 g/mol. The Morgan fingerprint density at radius 2 is 1.69 bits per heavy atom. The first-order valence-electron chi connectivity index (χ1n) is 7.86. The monoisotopic (exact) mass is 364 g/mol. The molecule has 0 fully saturated rings. The van der Waals surface area contributed by atoms with E-state index in [9.17, 15) is 18.4 Å². The van der Waals surface area contributed by atoms with E-state index in [2.05, 4.69) is 5.43 Å². The molecule has 1 atom stereocenters. The molecule has 2 aromatic rings. The molecule has 2 N–H and O–H groups in total. The molecule has 2 rings (SSSR count). The van der Waals surface area contributed by atoms with Crippen LogP contribution in [0.25, 0.3) is 0 Å². The Bertz CT molecular complexity index is 781. The van der Waals surface area contributed by atoms with Gasteiger partial charge in [-0.25, -0.2) is 8.78 Å². The predicted molar refractivity (Wildman–Crippen MR) is 89.7 cm³/mol. The Hall–Kier alpha value is -3.16. The van der Waals surface area contributed by atoms with Crippen molar-refractivity contribution in [2.24, 2.45) is 0 Å². The Morgan fingerprint density at radius 3 is 2.35 bits per heavy atom. The summed E-state index contributed by atoms with van der Waals surface area (Å²) in [7, 11) is 0. The number of carbonyl (C=O) groups excluding carboxylic acids is 2. The van der Waals surface area contributed by atoms with Crippen LogP contribution in [0, 0.1) is 11.6 Å². The highest BCUT2D eigenvalue weighted by molar-refractivity contribution is 5.96. The van der Waals surface area contributed by atoms with Gasteiger partial charge in [-0.1, -0.05) is 6.07 Å². The Balaban J connectivity index is 1.88. The van der Waals surface area contributed by atoms with Crippen molar-refractivity contribution in [2.45, 2.75) is 20.0 Å². The smallest absolute Gasteiger partial charge is 0.279 e. The second-order valence-electron chi connectivity index (χ2n) is 5.21. The van der Waals surface area contributed by atoms with Crippen LogP contribution < -0.4 is 20.3 Å². The second-order valence-corrected chi connectivity index (χ2v) is 5.21. The minimum absolute atomic E-state index is 0.429. The van der Waals surface area contributed by atoms with Crippen LogP contribution in [0.15, 0.2) is 42.5 Å². The van der Waals surface area contributed by atoms with Gasteiger partial charge in [-0.05, 0) is 50.2 Å². The summed E-state index contributed by atoms with van der Waals surface area (Å²) in [6.07, 6.45) is -0.939. The summed E-state index contributed by atoms with van der Waals surface area (Å²) < 4.78 is 37.4. The van der Waals surface area contributed by atoms with E-state index < -0.39 is 35.1 Å². The van der Waals surface area contributed by atoms with Crippen LogP contribution in [0.1, 0.15) is 24.2 Å². The van der Waals surface area contributed by atoms with Crippen LogP contribution in [-0.2, 0) is 4.79 Å². The largest absolute Gasteiger partial charge is 0.494 e. The highest BCUT2D eigenvalue weighted by Crippen LogP contribution is 2.18. The van der Waals surface area contributed by atoms with Gasteiger partial charge in [0.15, 0.2) is 17.7 Å². The molecular weight excluding hydrogens is 346 g/mol. The third-order valence-electron chi connectivity index (χ3n) is 3.31. The molecule has 0 aliphatic carbocycles. The summed E-state index contributed by atoms with van der Waals surface area (Å²) in [4.78, 5) is 23.8. The zero-order valence-corrected chi connectivity index (χ0v) is 14.2. The maximum absolute atomic E-state index is 13.5. The summed E-state index contributed by atoms with van der Waals surface area (Å²) in [5.41, 5.74) is 3.59. The van der Waals surface area contributed by atoms with Gasteiger partial charge in [-0.2, -0.15) is 0 Å². The number of amides is 2. The third-order valence-corrected chi connectivity index (χ3v) is 3.31. The molecule has 0 aliphatic rings. The number of benzene rings is 2. The van der Waals surface area contributed by atoms with Crippen LogP contribution in [0.3, 0.4) is 0 Å². The average Bonchev–Trinajstić information content (AvgIpc) is 2.63. The van der Waals surface area contributed by atoms with Gasteiger partial charge in [0.25, 0.3) is 11.8 Å². The van der Waals surface area contributed by atoms with Crippen LogP contribution >= 0.6 is 0 Å². The summed E-state index contributed by atoms with van der Waals surface area (Å²) >= 11 is 0. The zero-order chi connectivity index (χ0) is 19.1. The first kappa shape index (κ1) is 19.2. The Labute approximate surface area is 149 Å². The minimum atomic E-state index is -1.29. The summed E-state index contributed by atoms with van der Waals surface area (Å²) in [5, 5.41) is 0. The molecule has 0 bridgehead atoms. The molecule has 0 aromatic heterocycles. The maximum atomic E-state index is 13.5. The highest BCUT2D eigenvalue weighted by atomic mass is 19.2. The van der Waals surface area contributed by atoms with E-state index in [1.165, 1.54) is 13.0 Å². The molecule has 0 saturated carbocycles.